The van der Waals surface area contributed by atoms with Crippen molar-refractivity contribution < 1.29 is 0 Å². The second-order valence-electron chi connectivity index (χ2n) is 3.84. The smallest absolute Gasteiger partial charge is 0.231 e. The van der Waals surface area contributed by atoms with E-state index >= 15 is 0 Å². The zero-order valence-corrected chi connectivity index (χ0v) is 8.85. The van der Waals surface area contributed by atoms with Crippen molar-refractivity contribution in [1.29, 1.82) is 0 Å². The van der Waals surface area contributed by atoms with Gasteiger partial charge in [-0.2, -0.15) is 0 Å². The minimum atomic E-state index is 0.806. The lowest BCUT2D eigenvalue weighted by atomic mass is 9.56. The molecule has 0 saturated heterocycles. The molecule has 1 rings (SSSR count). The summed E-state index contributed by atoms with van der Waals surface area (Å²) in [6.07, 6.45) is 2.60. The minimum absolute atomic E-state index is 0.806. The van der Waals surface area contributed by atoms with E-state index in [1.54, 1.807) is 11.1 Å². The molecule has 0 amide bonds. The maximum Gasteiger partial charge on any atom is 0.231 e. The highest BCUT2D eigenvalue weighted by molar-refractivity contribution is 6.58. The molecule has 1 nitrogen and oxygen atoms in total. The van der Waals surface area contributed by atoms with Gasteiger partial charge in [-0.05, 0) is 39.6 Å². The fourth-order valence-corrected chi connectivity index (χ4v) is 2.13. The third-order valence-corrected chi connectivity index (χ3v) is 3.14. The van der Waals surface area contributed by atoms with Crippen LogP contribution in [0.3, 0.4) is 0 Å². The number of nitrogens with zero attached hydrogens (tertiary/aromatic N) is 1. The molecule has 0 aromatic rings. The summed E-state index contributed by atoms with van der Waals surface area (Å²) < 4.78 is 0. The maximum absolute atomic E-state index is 2.57. The highest BCUT2D eigenvalue weighted by Gasteiger charge is 2.26. The molecule has 0 unspecified atom stereocenters. The standard InChI is InChI=1S/C10H20BN/c1-5-12(6-2)11-7-9(3)10(4)8-11/h5-8H2,1-4H3. The molecule has 0 fully saturated rings. The van der Waals surface area contributed by atoms with Crippen LogP contribution < -0.4 is 0 Å². The molecule has 0 bridgehead atoms. The number of hydrogen-bond donors (Lipinski definition) is 0. The van der Waals surface area contributed by atoms with Crippen molar-refractivity contribution in [1.82, 2.24) is 4.81 Å². The van der Waals surface area contributed by atoms with E-state index in [1.807, 2.05) is 0 Å². The second kappa shape index (κ2) is 4.13. The van der Waals surface area contributed by atoms with Gasteiger partial charge in [-0.1, -0.05) is 25.0 Å². The molecule has 0 aromatic carbocycles. The van der Waals surface area contributed by atoms with Crippen molar-refractivity contribution in [3.63, 3.8) is 0 Å². The Labute approximate surface area is 76.9 Å². The van der Waals surface area contributed by atoms with Crippen molar-refractivity contribution in [2.24, 2.45) is 0 Å². The van der Waals surface area contributed by atoms with Gasteiger partial charge in [-0.15, -0.1) is 0 Å². The lowest BCUT2D eigenvalue weighted by molar-refractivity contribution is 0.480. The highest BCUT2D eigenvalue weighted by Crippen LogP contribution is 2.28. The quantitative estimate of drug-likeness (QED) is 0.459. The Hall–Kier alpha value is -0.235. The summed E-state index contributed by atoms with van der Waals surface area (Å²) >= 11 is 0. The van der Waals surface area contributed by atoms with Crippen molar-refractivity contribution >= 4 is 6.85 Å². The van der Waals surface area contributed by atoms with E-state index in [0.717, 1.165) is 6.85 Å². The van der Waals surface area contributed by atoms with Gasteiger partial charge in [-0.3, -0.25) is 0 Å². The predicted octanol–water partition coefficient (Wildman–Crippen LogP) is 2.67. The monoisotopic (exact) mass is 165 g/mol. The van der Waals surface area contributed by atoms with E-state index in [2.05, 4.69) is 32.5 Å². The van der Waals surface area contributed by atoms with E-state index in [1.165, 1.54) is 25.7 Å². The fourth-order valence-electron chi connectivity index (χ4n) is 2.13. The molecule has 0 saturated carbocycles. The summed E-state index contributed by atoms with van der Waals surface area (Å²) in [5.41, 5.74) is 3.24. The first-order valence-electron chi connectivity index (χ1n) is 5.08. The molecule has 0 atom stereocenters. The van der Waals surface area contributed by atoms with Crippen LogP contribution in [0.15, 0.2) is 11.1 Å². The van der Waals surface area contributed by atoms with Crippen molar-refractivity contribution in [2.45, 2.75) is 40.3 Å². The molecule has 0 aromatic heterocycles. The highest BCUT2D eigenvalue weighted by atomic mass is 15.0. The van der Waals surface area contributed by atoms with Gasteiger partial charge in [0.2, 0.25) is 6.85 Å². The van der Waals surface area contributed by atoms with Gasteiger partial charge in [0.25, 0.3) is 0 Å². The fraction of sp³-hybridized carbons (Fsp3) is 0.800. The zero-order valence-electron chi connectivity index (χ0n) is 8.85. The van der Waals surface area contributed by atoms with Crippen LogP contribution in [0.1, 0.15) is 27.7 Å². The average Bonchev–Trinajstić information content (AvgIpc) is 2.35. The van der Waals surface area contributed by atoms with Gasteiger partial charge < -0.3 is 4.81 Å². The summed E-state index contributed by atoms with van der Waals surface area (Å²) in [5.74, 6) is 0. The molecule has 68 valence electrons. The number of hydrogen-bond acceptors (Lipinski definition) is 1. The molecule has 12 heavy (non-hydrogen) atoms. The van der Waals surface area contributed by atoms with Crippen molar-refractivity contribution in [2.75, 3.05) is 13.1 Å². The summed E-state index contributed by atoms with van der Waals surface area (Å²) in [6, 6.07) is 0. The van der Waals surface area contributed by atoms with Crippen LogP contribution in [0.25, 0.3) is 0 Å². The largest absolute Gasteiger partial charge is 0.342 e. The molecule has 2 heteroatoms. The summed E-state index contributed by atoms with van der Waals surface area (Å²) in [7, 11) is 0. The Morgan fingerprint density at radius 2 is 1.50 bits per heavy atom. The first kappa shape index (κ1) is 9.85. The molecule has 1 heterocycles. The van der Waals surface area contributed by atoms with Crippen LogP contribution >= 0.6 is 0 Å². The van der Waals surface area contributed by atoms with E-state index < -0.39 is 0 Å². The van der Waals surface area contributed by atoms with Crippen LogP contribution in [-0.2, 0) is 0 Å². The summed E-state index contributed by atoms with van der Waals surface area (Å²) in [6.45, 7) is 12.3. The second-order valence-corrected chi connectivity index (χ2v) is 3.84. The Morgan fingerprint density at radius 1 is 1.08 bits per heavy atom. The zero-order chi connectivity index (χ0) is 9.14. The molecule has 1 aliphatic heterocycles. The molecule has 0 N–H and O–H groups in total. The van der Waals surface area contributed by atoms with Gasteiger partial charge in [0.1, 0.15) is 0 Å². The molecule has 0 spiro atoms. The van der Waals surface area contributed by atoms with E-state index in [-0.39, 0.29) is 0 Å². The van der Waals surface area contributed by atoms with E-state index in [0.29, 0.717) is 0 Å². The van der Waals surface area contributed by atoms with Crippen molar-refractivity contribution in [3.05, 3.63) is 11.1 Å². The lowest BCUT2D eigenvalue weighted by Gasteiger charge is -2.23. The molecule has 1 aliphatic rings. The Kier molecular flexibility index (Phi) is 3.39. The number of allylic oxidation sites excluding steroid dienone is 2. The van der Waals surface area contributed by atoms with Crippen LogP contribution in [0.2, 0.25) is 12.6 Å². The molecular weight excluding hydrogens is 145 g/mol. The Balaban J connectivity index is 2.49. The first-order valence-corrected chi connectivity index (χ1v) is 5.08. The SMILES string of the molecule is CCN(CC)B1CC(C)=C(C)C1. The predicted molar refractivity (Wildman–Crippen MR) is 56.7 cm³/mol. The first-order chi connectivity index (χ1) is 5.69. The van der Waals surface area contributed by atoms with Gasteiger partial charge in [0.15, 0.2) is 0 Å². The molecular formula is C10H20BN. The van der Waals surface area contributed by atoms with E-state index in [4.69, 9.17) is 0 Å². The van der Waals surface area contributed by atoms with Crippen LogP contribution in [-0.4, -0.2) is 24.7 Å². The van der Waals surface area contributed by atoms with Gasteiger partial charge >= 0.3 is 0 Å². The van der Waals surface area contributed by atoms with Gasteiger partial charge in [0.05, 0.1) is 0 Å². The summed E-state index contributed by atoms with van der Waals surface area (Å²) in [4.78, 5) is 2.57. The van der Waals surface area contributed by atoms with Gasteiger partial charge in [-0.25, -0.2) is 0 Å². The number of rotatable bonds is 3. The topological polar surface area (TPSA) is 3.24 Å². The maximum atomic E-state index is 2.57. The van der Waals surface area contributed by atoms with Crippen molar-refractivity contribution in [3.8, 4) is 0 Å². The van der Waals surface area contributed by atoms with Crippen LogP contribution in [0, 0.1) is 0 Å². The molecule has 0 aliphatic carbocycles. The summed E-state index contributed by atoms with van der Waals surface area (Å²) in [5, 5.41) is 0. The normalized spacial score (nSPS) is 18.2. The third-order valence-electron chi connectivity index (χ3n) is 3.14. The third kappa shape index (κ3) is 1.92. The minimum Gasteiger partial charge on any atom is -0.342 e. The Morgan fingerprint density at radius 3 is 1.83 bits per heavy atom. The van der Waals surface area contributed by atoms with Crippen LogP contribution in [0.5, 0.6) is 0 Å². The average molecular weight is 165 g/mol. The lowest BCUT2D eigenvalue weighted by Crippen LogP contribution is -2.37. The molecule has 0 radical (unpaired) electrons. The van der Waals surface area contributed by atoms with Gasteiger partial charge in [0, 0.05) is 0 Å². The van der Waals surface area contributed by atoms with Crippen LogP contribution in [0.4, 0.5) is 0 Å². The van der Waals surface area contributed by atoms with E-state index in [9.17, 15) is 0 Å². The Bertz CT molecular complexity index is 168.